The van der Waals surface area contributed by atoms with E-state index in [2.05, 4.69) is 55.2 Å². The number of methoxy groups -OCH3 is 1. The largest absolute Gasteiger partial charge is 0.496 e. The summed E-state index contributed by atoms with van der Waals surface area (Å²) in [5.74, 6) is -0.426. The second-order valence-electron chi connectivity index (χ2n) is 15.4. The van der Waals surface area contributed by atoms with E-state index in [1.807, 2.05) is 43.3 Å². The molecule has 1 unspecified atom stereocenters. The topological polar surface area (TPSA) is 123 Å². The lowest BCUT2D eigenvalue weighted by Gasteiger charge is -2.43. The highest BCUT2D eigenvalue weighted by Gasteiger charge is 2.50. The summed E-state index contributed by atoms with van der Waals surface area (Å²) in [7, 11) is -1.44. The maximum Gasteiger partial charge on any atom is 0.332 e. The Labute approximate surface area is 341 Å². The summed E-state index contributed by atoms with van der Waals surface area (Å²) in [6.45, 7) is 11.4. The van der Waals surface area contributed by atoms with E-state index in [-0.39, 0.29) is 36.1 Å². The molecule has 1 saturated heterocycles. The molecule has 15 heteroatoms. The van der Waals surface area contributed by atoms with E-state index in [9.17, 15) is 14.4 Å². The lowest BCUT2D eigenvalue weighted by molar-refractivity contribution is -0.137. The molecule has 58 heavy (non-hydrogen) atoms. The molecule has 0 spiro atoms. The predicted octanol–water partition coefficient (Wildman–Crippen LogP) is 5.78. The normalized spacial score (nSPS) is 15.6. The summed E-state index contributed by atoms with van der Waals surface area (Å²) in [5, 5.41) is 11.4. The Morgan fingerprint density at radius 1 is 0.948 bits per heavy atom. The van der Waals surface area contributed by atoms with Gasteiger partial charge < -0.3 is 18.8 Å². The van der Waals surface area contributed by atoms with Crippen molar-refractivity contribution in [3.8, 4) is 10.8 Å². The number of benzene rings is 3. The van der Waals surface area contributed by atoms with Gasteiger partial charge in [0.25, 0.3) is 13.9 Å². The number of halogens is 1. The van der Waals surface area contributed by atoms with Crippen LogP contribution in [0.2, 0.25) is 5.04 Å². The Morgan fingerprint density at radius 3 is 2.21 bits per heavy atom. The van der Waals surface area contributed by atoms with E-state index in [0.717, 1.165) is 14.9 Å². The van der Waals surface area contributed by atoms with Crippen LogP contribution in [-0.4, -0.2) is 76.7 Å². The van der Waals surface area contributed by atoms with Gasteiger partial charge in [0, 0.05) is 24.2 Å². The zero-order valence-electron chi connectivity index (χ0n) is 33.7. The third kappa shape index (κ3) is 7.47. The van der Waals surface area contributed by atoms with Crippen LogP contribution >= 0.6 is 11.3 Å². The first-order valence-electron chi connectivity index (χ1n) is 19.5. The van der Waals surface area contributed by atoms with Crippen molar-refractivity contribution in [1.29, 1.82) is 0 Å². The third-order valence-corrected chi connectivity index (χ3v) is 17.4. The zero-order chi connectivity index (χ0) is 41.2. The molecule has 2 atom stereocenters. The summed E-state index contributed by atoms with van der Waals surface area (Å²) in [4.78, 5) is 46.6. The van der Waals surface area contributed by atoms with Crippen LogP contribution in [0.4, 0.5) is 4.39 Å². The molecule has 0 saturated carbocycles. The summed E-state index contributed by atoms with van der Waals surface area (Å²) in [5.41, 5.74) is -0.278. The smallest absolute Gasteiger partial charge is 0.332 e. The van der Waals surface area contributed by atoms with Crippen molar-refractivity contribution >= 4 is 46.2 Å². The summed E-state index contributed by atoms with van der Waals surface area (Å²) in [6.07, 6.45) is 3.08. The number of fused-ring (bicyclic) bond motifs is 1. The molecule has 6 aromatic rings. The van der Waals surface area contributed by atoms with Gasteiger partial charge in [0.05, 0.1) is 44.6 Å². The van der Waals surface area contributed by atoms with Crippen LogP contribution in [0, 0.1) is 12.7 Å². The average Bonchev–Trinajstić information content (AvgIpc) is 3.88. The first-order valence-corrected chi connectivity index (χ1v) is 22.3. The number of hydrogen-bond donors (Lipinski definition) is 0. The Hall–Kier alpha value is -5.22. The summed E-state index contributed by atoms with van der Waals surface area (Å²) < 4.78 is 37.3. The number of rotatable bonds is 14. The molecule has 0 N–H and O–H groups in total. The Kier molecular flexibility index (Phi) is 12.0. The zero-order valence-corrected chi connectivity index (χ0v) is 35.5. The number of aromatic nitrogens is 5. The molecule has 1 aliphatic rings. The number of ether oxygens (including phenoxy) is 2. The van der Waals surface area contributed by atoms with Crippen LogP contribution in [0.15, 0.2) is 101 Å². The van der Waals surface area contributed by atoms with Crippen LogP contribution in [-0.2, 0) is 20.5 Å². The van der Waals surface area contributed by atoms with Crippen LogP contribution in [0.1, 0.15) is 63.8 Å². The van der Waals surface area contributed by atoms with Gasteiger partial charge in [-0.05, 0) is 60.3 Å². The van der Waals surface area contributed by atoms with Crippen LogP contribution in [0.3, 0.4) is 0 Å². The number of likely N-dealkylation sites (N-methyl/N-ethyl adjacent to an activating group) is 1. The van der Waals surface area contributed by atoms with Gasteiger partial charge in [-0.3, -0.25) is 14.2 Å². The second kappa shape index (κ2) is 16.9. The molecule has 7 rings (SSSR count). The molecular formula is C43H49FN6O6SSi. The van der Waals surface area contributed by atoms with E-state index >= 15 is 4.39 Å². The van der Waals surface area contributed by atoms with Gasteiger partial charge in [-0.15, -0.1) is 4.80 Å². The highest BCUT2D eigenvalue weighted by Crippen LogP contribution is 2.38. The quantitative estimate of drug-likeness (QED) is 0.100. The molecular weight excluding hydrogens is 776 g/mol. The number of amides is 1. The minimum Gasteiger partial charge on any atom is -0.496 e. The van der Waals surface area contributed by atoms with Crippen molar-refractivity contribution in [2.24, 2.45) is 0 Å². The summed E-state index contributed by atoms with van der Waals surface area (Å²) >= 11 is 1.19. The molecule has 1 fully saturated rings. The number of nitrogens with zero attached hydrogens (tertiary/aromatic N) is 6. The average molecular weight is 825 g/mol. The van der Waals surface area contributed by atoms with Crippen molar-refractivity contribution in [3.63, 3.8) is 0 Å². The van der Waals surface area contributed by atoms with Gasteiger partial charge in [-0.25, -0.2) is 13.8 Å². The molecule has 0 bridgehead atoms. The van der Waals surface area contributed by atoms with Crippen LogP contribution < -0.4 is 26.4 Å². The Balaban J connectivity index is 1.33. The number of carbonyl (C=O) groups is 1. The van der Waals surface area contributed by atoms with Crippen molar-refractivity contribution in [1.82, 2.24) is 29.0 Å². The van der Waals surface area contributed by atoms with Crippen molar-refractivity contribution in [2.45, 2.75) is 71.2 Å². The van der Waals surface area contributed by atoms with E-state index in [1.165, 1.54) is 58.4 Å². The van der Waals surface area contributed by atoms with Crippen molar-refractivity contribution < 1.29 is 23.1 Å². The maximum atomic E-state index is 15.2. The fourth-order valence-corrected chi connectivity index (χ4v) is 14.0. The van der Waals surface area contributed by atoms with Crippen LogP contribution in [0.5, 0.6) is 5.75 Å². The highest BCUT2D eigenvalue weighted by molar-refractivity contribution is 7.21. The first-order chi connectivity index (χ1) is 27.9. The third-order valence-electron chi connectivity index (χ3n) is 11.0. The monoisotopic (exact) mass is 824 g/mol. The standard InChI is InChI=1S/C43H49FN6O6SSi/c1-7-47-24-14-19-34(38(47)51)49-39(52)37-29(2)40(50-45-22-23-46-50)57-41(37)48(42(49)53)28-36(33-27-30(44)20-21-35(33)54-6)55-25-26-56-58(43(3,4)5,31-15-10-8-11-16-31)32-17-12-9-13-18-32/h8-13,15-18,20-23,27,34,36H,7,14,19,24-26,28H2,1-6H3/t34?,36-/m0/s1. The van der Waals surface area contributed by atoms with Crippen molar-refractivity contribution in [3.05, 3.63) is 129 Å². The fraction of sp³-hybridized carbons (Fsp3) is 0.372. The molecule has 304 valence electrons. The molecule has 3 aromatic carbocycles. The molecule has 12 nitrogen and oxygen atoms in total. The van der Waals surface area contributed by atoms with E-state index in [0.29, 0.717) is 52.6 Å². The Morgan fingerprint density at radius 2 is 1.60 bits per heavy atom. The first kappa shape index (κ1) is 41.0. The maximum absolute atomic E-state index is 15.2. The second-order valence-corrected chi connectivity index (χ2v) is 20.7. The molecule has 3 aromatic heterocycles. The van der Waals surface area contributed by atoms with Gasteiger partial charge in [0.15, 0.2) is 0 Å². The number of thiophene rings is 1. The fourth-order valence-electron chi connectivity index (χ4n) is 8.28. The highest BCUT2D eigenvalue weighted by atomic mass is 32.1. The van der Waals surface area contributed by atoms with E-state index in [1.54, 1.807) is 11.8 Å². The minimum absolute atomic E-state index is 0.0743. The van der Waals surface area contributed by atoms with Gasteiger partial charge in [-0.1, -0.05) is 92.8 Å². The molecule has 1 amide bonds. The molecule has 1 aliphatic heterocycles. The Bertz CT molecular complexity index is 2460. The number of likely N-dealkylation sites (tertiary alicyclic amines) is 1. The number of carbonyl (C=O) groups excluding carboxylic acids is 1. The number of aryl methyl sites for hydroxylation is 1. The van der Waals surface area contributed by atoms with Crippen LogP contribution in [0.25, 0.3) is 15.2 Å². The molecule has 4 heterocycles. The van der Waals surface area contributed by atoms with Gasteiger partial charge in [-0.2, -0.15) is 10.2 Å². The lowest BCUT2D eigenvalue weighted by Crippen LogP contribution is -2.66. The minimum atomic E-state index is -2.93. The van der Waals surface area contributed by atoms with E-state index < -0.39 is 37.5 Å². The number of hydrogen-bond acceptors (Lipinski definition) is 9. The van der Waals surface area contributed by atoms with Gasteiger partial charge in [0.1, 0.15) is 33.5 Å². The SMILES string of the molecule is CCN1CCCC(n2c(=O)c3c(C)c(-n4nccn4)sc3n(C[C@H](OCCO[Si](c3ccccc3)(c3ccccc3)C(C)(C)C)c3cc(F)ccc3OC)c2=O)C1=O. The lowest BCUT2D eigenvalue weighted by atomic mass is 10.0. The molecule has 0 aliphatic carbocycles. The summed E-state index contributed by atoms with van der Waals surface area (Å²) in [6, 6.07) is 23.7. The van der Waals surface area contributed by atoms with Gasteiger partial charge in [0.2, 0.25) is 5.91 Å². The predicted molar refractivity (Wildman–Crippen MR) is 226 cm³/mol. The van der Waals surface area contributed by atoms with E-state index in [4.69, 9.17) is 13.9 Å². The molecule has 0 radical (unpaired) electrons. The number of piperidine rings is 1. The van der Waals surface area contributed by atoms with Crippen molar-refractivity contribution in [2.75, 3.05) is 33.4 Å². The van der Waals surface area contributed by atoms with Gasteiger partial charge >= 0.3 is 5.69 Å².